The molecule has 31 heavy (non-hydrogen) atoms. The van der Waals surface area contributed by atoms with Crippen LogP contribution in [0.15, 0.2) is 47.3 Å². The highest BCUT2D eigenvalue weighted by atomic mass is 35.5. The highest BCUT2D eigenvalue weighted by molar-refractivity contribution is 7.71. The maximum atomic E-state index is 12.9. The minimum Gasteiger partial charge on any atom is -0.494 e. The summed E-state index contributed by atoms with van der Waals surface area (Å²) in [6.07, 6.45) is 0.851. The molecule has 9 heteroatoms. The molecule has 0 aliphatic carbocycles. The Balaban J connectivity index is 0.000000233. The number of amides is 1. The van der Waals surface area contributed by atoms with Gasteiger partial charge in [0.05, 0.1) is 11.3 Å². The van der Waals surface area contributed by atoms with Crippen molar-refractivity contribution in [3.05, 3.63) is 79.6 Å². The second-order valence-corrected chi connectivity index (χ2v) is 7.33. The predicted molar refractivity (Wildman–Crippen MR) is 123 cm³/mol. The van der Waals surface area contributed by atoms with Crippen LogP contribution < -0.4 is 10.9 Å². The Labute approximate surface area is 189 Å². The van der Waals surface area contributed by atoms with Crippen molar-refractivity contribution in [1.82, 2.24) is 9.55 Å². The lowest BCUT2D eigenvalue weighted by Gasteiger charge is -2.11. The van der Waals surface area contributed by atoms with Gasteiger partial charge in [-0.15, -0.1) is 0 Å². The number of hydrogen-bond acceptors (Lipinski definition) is 4. The van der Waals surface area contributed by atoms with Gasteiger partial charge in [-0.05, 0) is 67.5 Å². The molecule has 1 aromatic heterocycles. The molecule has 0 aliphatic rings. The lowest BCUT2D eigenvalue weighted by atomic mass is 10.2. The summed E-state index contributed by atoms with van der Waals surface area (Å²) in [4.78, 5) is 25.1. The van der Waals surface area contributed by atoms with E-state index in [2.05, 4.69) is 10.3 Å². The number of H-pyrrole nitrogens is 1. The van der Waals surface area contributed by atoms with Crippen molar-refractivity contribution in [2.24, 2.45) is 0 Å². The first-order chi connectivity index (χ1) is 14.7. The lowest BCUT2D eigenvalue weighted by Crippen LogP contribution is -2.17. The van der Waals surface area contributed by atoms with E-state index in [-0.39, 0.29) is 27.9 Å². The molecule has 2 aromatic carbocycles. The Hall–Kier alpha value is -2.97. The summed E-state index contributed by atoms with van der Waals surface area (Å²) in [6.45, 7) is 5.45. The molecule has 0 fully saturated rings. The molecule has 0 saturated heterocycles. The third-order valence-corrected chi connectivity index (χ3v) is 5.17. The monoisotopic (exact) mass is 463 g/mol. The number of nitrogens with zero attached hydrogens (tertiary/aromatic N) is 1. The summed E-state index contributed by atoms with van der Waals surface area (Å²) in [5.74, 6) is -0.590. The van der Waals surface area contributed by atoms with Crippen molar-refractivity contribution < 1.29 is 14.3 Å². The van der Waals surface area contributed by atoms with Crippen molar-refractivity contribution in [3.8, 4) is 11.6 Å². The number of aromatic nitrogens is 2. The molecule has 0 radical (unpaired) electrons. The standard InChI is InChI=1S/C12H11FN2O2S.C10H12ClNO/c1-2-9-10(16)14-12(18)15(11(9)17)8-5-3-7(13)4-6-8;1-3-10(13)12-9-6-4-5-8(11)7(9)2/h3-6,17H,2H2,1H3,(H,14,16,18);4-6H,3H2,1-2H3,(H,12,13). The molecule has 3 aromatic rings. The lowest BCUT2D eigenvalue weighted by molar-refractivity contribution is -0.115. The molecule has 0 unspecified atom stereocenters. The van der Waals surface area contributed by atoms with Crippen LogP contribution in [0.1, 0.15) is 31.4 Å². The molecule has 0 saturated carbocycles. The topological polar surface area (TPSA) is 87.1 Å². The van der Waals surface area contributed by atoms with Crippen LogP contribution in [0.5, 0.6) is 5.88 Å². The fourth-order valence-electron chi connectivity index (χ4n) is 2.69. The van der Waals surface area contributed by atoms with E-state index in [0.29, 0.717) is 23.6 Å². The average molecular weight is 464 g/mol. The summed E-state index contributed by atoms with van der Waals surface area (Å²) in [5, 5.41) is 13.5. The predicted octanol–water partition coefficient (Wildman–Crippen LogP) is 5.30. The highest BCUT2D eigenvalue weighted by Crippen LogP contribution is 2.23. The minimum absolute atomic E-state index is 0.00497. The zero-order chi connectivity index (χ0) is 23.1. The quantitative estimate of drug-likeness (QED) is 0.458. The zero-order valence-electron chi connectivity index (χ0n) is 17.3. The highest BCUT2D eigenvalue weighted by Gasteiger charge is 2.12. The second-order valence-electron chi connectivity index (χ2n) is 6.54. The number of benzene rings is 2. The Morgan fingerprint density at radius 2 is 1.87 bits per heavy atom. The van der Waals surface area contributed by atoms with Gasteiger partial charge >= 0.3 is 0 Å². The van der Waals surface area contributed by atoms with Gasteiger partial charge in [-0.25, -0.2) is 4.39 Å². The molecular weight excluding hydrogens is 441 g/mol. The van der Waals surface area contributed by atoms with Crippen molar-refractivity contribution in [3.63, 3.8) is 0 Å². The van der Waals surface area contributed by atoms with Gasteiger partial charge in [-0.3, -0.25) is 19.1 Å². The van der Waals surface area contributed by atoms with Gasteiger partial charge in [0.15, 0.2) is 4.77 Å². The van der Waals surface area contributed by atoms with E-state index in [1.165, 1.54) is 28.8 Å². The molecular formula is C22H23ClFN3O3S. The van der Waals surface area contributed by atoms with E-state index in [1.807, 2.05) is 26.0 Å². The molecule has 0 bridgehead atoms. The van der Waals surface area contributed by atoms with E-state index in [9.17, 15) is 19.1 Å². The number of carbonyl (C=O) groups is 1. The minimum atomic E-state index is -0.404. The first-order valence-corrected chi connectivity index (χ1v) is 10.4. The van der Waals surface area contributed by atoms with Crippen LogP contribution in [-0.2, 0) is 11.2 Å². The van der Waals surface area contributed by atoms with Crippen LogP contribution in [0.2, 0.25) is 5.02 Å². The fourth-order valence-corrected chi connectivity index (χ4v) is 3.15. The van der Waals surface area contributed by atoms with Crippen LogP contribution in [0, 0.1) is 17.5 Å². The summed E-state index contributed by atoms with van der Waals surface area (Å²) in [5.41, 5.74) is 2.03. The SMILES string of the molecule is CCC(=O)Nc1cccc(Cl)c1C.CCc1c(O)n(-c2ccc(F)cc2)c(=S)[nH]c1=O. The van der Waals surface area contributed by atoms with Gasteiger partial charge < -0.3 is 10.4 Å². The van der Waals surface area contributed by atoms with Gasteiger partial charge in [0, 0.05) is 17.1 Å². The largest absolute Gasteiger partial charge is 0.494 e. The van der Waals surface area contributed by atoms with Crippen LogP contribution >= 0.6 is 23.8 Å². The molecule has 1 amide bonds. The normalized spacial score (nSPS) is 10.2. The number of halogens is 2. The number of aromatic hydroxyl groups is 1. The molecule has 164 valence electrons. The van der Waals surface area contributed by atoms with E-state index in [1.54, 1.807) is 13.0 Å². The Morgan fingerprint density at radius 1 is 1.23 bits per heavy atom. The van der Waals surface area contributed by atoms with Gasteiger partial charge in [0.2, 0.25) is 11.8 Å². The Bertz CT molecular complexity index is 1190. The van der Waals surface area contributed by atoms with Crippen LogP contribution in [0.3, 0.4) is 0 Å². The van der Waals surface area contributed by atoms with Gasteiger partial charge in [0.25, 0.3) is 5.56 Å². The number of anilines is 1. The van der Waals surface area contributed by atoms with Crippen LogP contribution in [0.25, 0.3) is 5.69 Å². The molecule has 0 aliphatic heterocycles. The van der Waals surface area contributed by atoms with Crippen molar-refractivity contribution in [2.45, 2.75) is 33.6 Å². The maximum absolute atomic E-state index is 12.9. The maximum Gasteiger partial charge on any atom is 0.258 e. The third kappa shape index (κ3) is 6.02. The molecule has 6 nitrogen and oxygen atoms in total. The smallest absolute Gasteiger partial charge is 0.258 e. The molecule has 0 spiro atoms. The molecule has 1 heterocycles. The Morgan fingerprint density at radius 3 is 2.45 bits per heavy atom. The zero-order valence-corrected chi connectivity index (χ0v) is 18.9. The number of aromatic amines is 1. The number of carbonyl (C=O) groups excluding carboxylic acids is 1. The van der Waals surface area contributed by atoms with Crippen LogP contribution in [-0.4, -0.2) is 20.6 Å². The van der Waals surface area contributed by atoms with E-state index in [4.69, 9.17) is 23.8 Å². The third-order valence-electron chi connectivity index (χ3n) is 4.48. The van der Waals surface area contributed by atoms with Gasteiger partial charge in [-0.2, -0.15) is 0 Å². The van der Waals surface area contributed by atoms with E-state index in [0.717, 1.165) is 11.3 Å². The number of hydrogen-bond donors (Lipinski definition) is 3. The first-order valence-electron chi connectivity index (χ1n) is 9.57. The summed E-state index contributed by atoms with van der Waals surface area (Å²) >= 11 is 10.9. The van der Waals surface area contributed by atoms with Crippen molar-refractivity contribution in [1.29, 1.82) is 0 Å². The first kappa shape index (κ1) is 24.3. The molecule has 3 rings (SSSR count). The molecule has 3 N–H and O–H groups in total. The summed E-state index contributed by atoms with van der Waals surface area (Å²) in [7, 11) is 0. The van der Waals surface area contributed by atoms with E-state index < -0.39 is 5.56 Å². The van der Waals surface area contributed by atoms with E-state index >= 15 is 0 Å². The summed E-state index contributed by atoms with van der Waals surface area (Å²) < 4.78 is 14.2. The summed E-state index contributed by atoms with van der Waals surface area (Å²) in [6, 6.07) is 10.9. The second kappa shape index (κ2) is 10.9. The van der Waals surface area contributed by atoms with Crippen molar-refractivity contribution in [2.75, 3.05) is 5.32 Å². The number of nitrogens with one attached hydrogen (secondary N) is 2. The van der Waals surface area contributed by atoms with Gasteiger partial charge in [0.1, 0.15) is 5.82 Å². The fraction of sp³-hybridized carbons (Fsp3) is 0.227. The molecule has 0 atom stereocenters. The van der Waals surface area contributed by atoms with Crippen LogP contribution in [0.4, 0.5) is 10.1 Å². The Kier molecular flexibility index (Phi) is 8.53. The van der Waals surface area contributed by atoms with Gasteiger partial charge in [-0.1, -0.05) is 31.5 Å². The van der Waals surface area contributed by atoms with Crippen molar-refractivity contribution >= 4 is 35.4 Å². The number of rotatable bonds is 4. The average Bonchev–Trinajstić information content (AvgIpc) is 2.73.